The minimum Gasteiger partial charge on any atom is -0.330 e. The fourth-order valence-corrected chi connectivity index (χ4v) is 2.30. The number of hydrogen-bond acceptors (Lipinski definition) is 1. The molecule has 17 heavy (non-hydrogen) atoms. The Hall–Kier alpha value is -1.34. The van der Waals surface area contributed by atoms with Crippen molar-refractivity contribution in [2.75, 3.05) is 6.54 Å². The van der Waals surface area contributed by atoms with Gasteiger partial charge in [0.15, 0.2) is 0 Å². The minimum absolute atomic E-state index is 0.484. The molecule has 0 aliphatic heterocycles. The molecule has 0 saturated heterocycles. The first-order valence-electron chi connectivity index (χ1n) is 6.50. The summed E-state index contributed by atoms with van der Waals surface area (Å²) in [4.78, 5) is 0. The first-order valence-corrected chi connectivity index (χ1v) is 6.50. The molecule has 1 heteroatoms. The maximum atomic E-state index is 5.89. The maximum absolute atomic E-state index is 5.89. The monoisotopic (exact) mass is 227 g/mol. The van der Waals surface area contributed by atoms with Gasteiger partial charge in [-0.1, -0.05) is 48.6 Å². The fraction of sp³-hybridized carbons (Fsp3) is 0.375. The summed E-state index contributed by atoms with van der Waals surface area (Å²) >= 11 is 0. The van der Waals surface area contributed by atoms with Crippen molar-refractivity contribution in [1.82, 2.24) is 0 Å². The van der Waals surface area contributed by atoms with E-state index >= 15 is 0 Å². The molecule has 0 saturated carbocycles. The standard InChI is InChI=1S/C16H21N/c17-13-16-10-4-2-1-3-7-14-8-5-6-9-15(16)12-11-14/h1-2,5-6,8-9,11-12,16H,3-4,7,10,13,17H2/b2-1-,6-5-,8-5?,9-6?,12-11-,14-8-,14-11?,15-9+,15-12?. The van der Waals surface area contributed by atoms with Crippen LogP contribution in [0.1, 0.15) is 25.7 Å². The Morgan fingerprint density at radius 2 is 1.88 bits per heavy atom. The molecule has 0 aromatic rings. The van der Waals surface area contributed by atoms with Crippen LogP contribution in [0.3, 0.4) is 0 Å². The Morgan fingerprint density at radius 3 is 2.76 bits per heavy atom. The molecule has 0 aromatic heterocycles. The van der Waals surface area contributed by atoms with E-state index in [0.29, 0.717) is 5.92 Å². The maximum Gasteiger partial charge on any atom is -0.000813 e. The van der Waals surface area contributed by atoms with E-state index in [2.05, 4.69) is 48.6 Å². The van der Waals surface area contributed by atoms with Gasteiger partial charge in [0, 0.05) is 0 Å². The van der Waals surface area contributed by atoms with Gasteiger partial charge in [-0.25, -0.2) is 0 Å². The zero-order valence-electron chi connectivity index (χ0n) is 10.3. The summed E-state index contributed by atoms with van der Waals surface area (Å²) in [5.41, 5.74) is 8.65. The van der Waals surface area contributed by atoms with Gasteiger partial charge >= 0.3 is 0 Å². The van der Waals surface area contributed by atoms with E-state index in [1.54, 1.807) is 0 Å². The van der Waals surface area contributed by atoms with Gasteiger partial charge in [0.1, 0.15) is 0 Å². The third-order valence-electron chi connectivity index (χ3n) is 3.40. The largest absolute Gasteiger partial charge is 0.330 e. The van der Waals surface area contributed by atoms with Crippen molar-refractivity contribution >= 4 is 0 Å². The SMILES string of the molecule is NCC1CC/C=C\CCC2=C/C=C\C=C1/C=C\2. The molecular weight excluding hydrogens is 206 g/mol. The third kappa shape index (κ3) is 3.57. The van der Waals surface area contributed by atoms with Gasteiger partial charge in [-0.2, -0.15) is 0 Å². The van der Waals surface area contributed by atoms with E-state index < -0.39 is 0 Å². The van der Waals surface area contributed by atoms with E-state index in [1.165, 1.54) is 11.1 Å². The second-order valence-corrected chi connectivity index (χ2v) is 4.65. The van der Waals surface area contributed by atoms with E-state index in [4.69, 9.17) is 5.73 Å². The quantitative estimate of drug-likeness (QED) is 0.680. The summed E-state index contributed by atoms with van der Waals surface area (Å²) in [6.45, 7) is 0.733. The van der Waals surface area contributed by atoms with Gasteiger partial charge in [0.25, 0.3) is 0 Å². The summed E-state index contributed by atoms with van der Waals surface area (Å²) in [6.07, 6.45) is 22.3. The first-order chi connectivity index (χ1) is 8.40. The van der Waals surface area contributed by atoms with Crippen LogP contribution in [0.15, 0.2) is 59.8 Å². The summed E-state index contributed by atoms with van der Waals surface area (Å²) in [5, 5.41) is 0. The normalized spacial score (nSPS) is 36.4. The second-order valence-electron chi connectivity index (χ2n) is 4.65. The number of rotatable bonds is 1. The number of nitrogens with two attached hydrogens (primary N) is 1. The van der Waals surface area contributed by atoms with Crippen LogP contribution in [0.5, 0.6) is 0 Å². The Kier molecular flexibility index (Phi) is 4.57. The van der Waals surface area contributed by atoms with Crippen LogP contribution in [0.25, 0.3) is 0 Å². The molecule has 0 spiro atoms. The molecule has 0 amide bonds. The molecule has 0 radical (unpaired) electrons. The lowest BCUT2D eigenvalue weighted by Crippen LogP contribution is -2.15. The van der Waals surface area contributed by atoms with E-state index in [-0.39, 0.29) is 0 Å². The molecule has 2 N–H and O–H groups in total. The van der Waals surface area contributed by atoms with E-state index in [0.717, 1.165) is 32.2 Å². The zero-order chi connectivity index (χ0) is 11.9. The molecule has 1 nitrogen and oxygen atoms in total. The molecular formula is C16H21N. The summed E-state index contributed by atoms with van der Waals surface area (Å²) in [5.74, 6) is 0.484. The first kappa shape index (κ1) is 12.1. The van der Waals surface area contributed by atoms with Gasteiger partial charge in [0.05, 0.1) is 0 Å². The molecule has 90 valence electrons. The third-order valence-corrected chi connectivity index (χ3v) is 3.40. The number of allylic oxidation sites excluding steroid dienone is 9. The summed E-state index contributed by atoms with van der Waals surface area (Å²) in [6, 6.07) is 0. The highest BCUT2D eigenvalue weighted by molar-refractivity contribution is 5.37. The topological polar surface area (TPSA) is 26.0 Å². The minimum atomic E-state index is 0.484. The van der Waals surface area contributed by atoms with Crippen LogP contribution in [0.4, 0.5) is 0 Å². The Morgan fingerprint density at radius 1 is 1.06 bits per heavy atom. The van der Waals surface area contributed by atoms with Crippen LogP contribution in [-0.2, 0) is 0 Å². The second kappa shape index (κ2) is 6.41. The van der Waals surface area contributed by atoms with Crippen molar-refractivity contribution in [3.63, 3.8) is 0 Å². The van der Waals surface area contributed by atoms with Crippen LogP contribution < -0.4 is 5.73 Å². The predicted molar refractivity (Wildman–Crippen MR) is 74.6 cm³/mol. The van der Waals surface area contributed by atoms with Crippen molar-refractivity contribution in [3.05, 3.63) is 59.8 Å². The highest BCUT2D eigenvalue weighted by Gasteiger charge is 2.10. The van der Waals surface area contributed by atoms with Gasteiger partial charge in [-0.15, -0.1) is 0 Å². The lowest BCUT2D eigenvalue weighted by atomic mass is 9.92. The van der Waals surface area contributed by atoms with Crippen molar-refractivity contribution in [2.24, 2.45) is 11.7 Å². The smallest absolute Gasteiger partial charge is 0.000813 e. The lowest BCUT2D eigenvalue weighted by molar-refractivity contribution is 0.587. The molecule has 2 rings (SSSR count). The van der Waals surface area contributed by atoms with Crippen LogP contribution in [0, 0.1) is 5.92 Å². The lowest BCUT2D eigenvalue weighted by Gasteiger charge is -2.15. The zero-order valence-corrected chi connectivity index (χ0v) is 10.3. The number of fused-ring (bicyclic) bond motifs is 2. The van der Waals surface area contributed by atoms with Crippen LogP contribution >= 0.6 is 0 Å². The van der Waals surface area contributed by atoms with E-state index in [9.17, 15) is 0 Å². The molecule has 0 aromatic carbocycles. The Labute approximate surface area is 104 Å². The highest BCUT2D eigenvalue weighted by Crippen LogP contribution is 2.22. The summed E-state index contributed by atoms with van der Waals surface area (Å²) < 4.78 is 0. The Bertz CT molecular complexity index is 394. The summed E-state index contributed by atoms with van der Waals surface area (Å²) in [7, 11) is 0. The van der Waals surface area contributed by atoms with Gasteiger partial charge in [-0.05, 0) is 49.3 Å². The average molecular weight is 227 g/mol. The molecule has 2 bridgehead atoms. The van der Waals surface area contributed by atoms with Gasteiger partial charge in [0.2, 0.25) is 0 Å². The van der Waals surface area contributed by atoms with E-state index in [1.807, 2.05) is 0 Å². The molecule has 0 heterocycles. The Balaban J connectivity index is 2.27. The molecule has 1 atom stereocenters. The molecule has 0 fully saturated rings. The van der Waals surface area contributed by atoms with Gasteiger partial charge < -0.3 is 5.73 Å². The van der Waals surface area contributed by atoms with Crippen molar-refractivity contribution in [2.45, 2.75) is 25.7 Å². The van der Waals surface area contributed by atoms with Crippen molar-refractivity contribution in [3.8, 4) is 0 Å². The van der Waals surface area contributed by atoms with Crippen LogP contribution in [0.2, 0.25) is 0 Å². The fourth-order valence-electron chi connectivity index (χ4n) is 2.30. The molecule has 1 unspecified atom stereocenters. The van der Waals surface area contributed by atoms with Crippen molar-refractivity contribution in [1.29, 1.82) is 0 Å². The highest BCUT2D eigenvalue weighted by atomic mass is 14.5. The average Bonchev–Trinajstić information content (AvgIpc) is 2.34. The predicted octanol–water partition coefficient (Wildman–Crippen LogP) is 3.67. The molecule has 2 aliphatic carbocycles. The van der Waals surface area contributed by atoms with Gasteiger partial charge in [-0.3, -0.25) is 0 Å². The van der Waals surface area contributed by atoms with Crippen molar-refractivity contribution < 1.29 is 0 Å². The number of hydrogen-bond donors (Lipinski definition) is 1. The molecule has 2 aliphatic rings. The van der Waals surface area contributed by atoms with Crippen LogP contribution in [-0.4, -0.2) is 6.54 Å².